The number of aromatic amines is 1. The lowest BCUT2D eigenvalue weighted by atomic mass is 10.0. The normalized spacial score (nSPS) is 10.8. The van der Waals surface area contributed by atoms with Crippen LogP contribution in [0.25, 0.3) is 22.2 Å². The number of H-pyrrole nitrogens is 1. The van der Waals surface area contributed by atoms with E-state index in [0.29, 0.717) is 11.3 Å². The number of fused-ring (bicyclic) bond motifs is 1. The van der Waals surface area contributed by atoms with E-state index in [1.165, 1.54) is 19.2 Å². The van der Waals surface area contributed by atoms with Gasteiger partial charge in [-0.05, 0) is 48.9 Å². The molecule has 106 valence electrons. The van der Waals surface area contributed by atoms with E-state index in [1.807, 2.05) is 25.1 Å². The zero-order valence-electron chi connectivity index (χ0n) is 11.7. The zero-order valence-corrected chi connectivity index (χ0v) is 11.7. The summed E-state index contributed by atoms with van der Waals surface area (Å²) in [6, 6.07) is 11.8. The molecule has 1 N–H and O–H groups in total. The van der Waals surface area contributed by atoms with Crippen molar-refractivity contribution in [3.05, 3.63) is 59.4 Å². The van der Waals surface area contributed by atoms with Crippen molar-refractivity contribution in [2.24, 2.45) is 0 Å². The lowest BCUT2D eigenvalue weighted by Gasteiger charge is -2.03. The lowest BCUT2D eigenvalue weighted by Crippen LogP contribution is -2.02. The molecule has 21 heavy (non-hydrogen) atoms. The largest absolute Gasteiger partial charge is 0.465 e. The van der Waals surface area contributed by atoms with Crippen LogP contribution in [0.15, 0.2) is 42.5 Å². The van der Waals surface area contributed by atoms with Crippen LogP contribution in [0.5, 0.6) is 0 Å². The van der Waals surface area contributed by atoms with Crippen molar-refractivity contribution in [3.8, 4) is 11.3 Å². The topological polar surface area (TPSA) is 42.1 Å². The van der Waals surface area contributed by atoms with Crippen molar-refractivity contribution in [2.45, 2.75) is 6.92 Å². The highest BCUT2D eigenvalue weighted by Crippen LogP contribution is 2.31. The molecule has 0 atom stereocenters. The summed E-state index contributed by atoms with van der Waals surface area (Å²) >= 11 is 0. The van der Waals surface area contributed by atoms with Crippen LogP contribution >= 0.6 is 0 Å². The van der Waals surface area contributed by atoms with Crippen LogP contribution in [0.1, 0.15) is 15.9 Å². The van der Waals surface area contributed by atoms with Gasteiger partial charge < -0.3 is 9.72 Å². The molecule has 0 saturated heterocycles. The third kappa shape index (κ3) is 2.29. The SMILES string of the molecule is COC(=O)c1c(-c2ccc(F)cc2)[nH]c2ccc(C)cc12. The molecule has 0 saturated carbocycles. The Hall–Kier alpha value is -2.62. The van der Waals surface area contributed by atoms with Gasteiger partial charge in [-0.1, -0.05) is 11.6 Å². The highest BCUT2D eigenvalue weighted by atomic mass is 19.1. The first kappa shape index (κ1) is 13.4. The molecule has 0 fully saturated rings. The van der Waals surface area contributed by atoms with Gasteiger partial charge in [0.2, 0.25) is 0 Å². The second-order valence-electron chi connectivity index (χ2n) is 4.92. The molecule has 0 amide bonds. The van der Waals surface area contributed by atoms with E-state index in [2.05, 4.69) is 4.98 Å². The fourth-order valence-corrected chi connectivity index (χ4v) is 2.45. The molecule has 0 unspecified atom stereocenters. The number of carbonyl (C=O) groups is 1. The number of benzene rings is 2. The van der Waals surface area contributed by atoms with Gasteiger partial charge in [-0.2, -0.15) is 0 Å². The standard InChI is InChI=1S/C17H14FNO2/c1-10-3-8-14-13(9-10)15(17(20)21-2)16(19-14)11-4-6-12(18)7-5-11/h3-9,19H,1-2H3. The highest BCUT2D eigenvalue weighted by molar-refractivity contribution is 6.10. The van der Waals surface area contributed by atoms with Crippen LogP contribution in [-0.4, -0.2) is 18.1 Å². The Balaban J connectivity index is 2.30. The van der Waals surface area contributed by atoms with Crippen molar-refractivity contribution in [1.29, 1.82) is 0 Å². The molecular weight excluding hydrogens is 269 g/mol. The van der Waals surface area contributed by atoms with Crippen LogP contribution in [0, 0.1) is 12.7 Å². The van der Waals surface area contributed by atoms with E-state index in [9.17, 15) is 9.18 Å². The van der Waals surface area contributed by atoms with Gasteiger partial charge in [0.1, 0.15) is 5.82 Å². The van der Waals surface area contributed by atoms with Gasteiger partial charge in [-0.3, -0.25) is 0 Å². The van der Waals surface area contributed by atoms with Gasteiger partial charge in [-0.25, -0.2) is 9.18 Å². The number of aromatic nitrogens is 1. The Kier molecular flexibility index (Phi) is 3.22. The van der Waals surface area contributed by atoms with E-state index >= 15 is 0 Å². The van der Waals surface area contributed by atoms with E-state index in [0.717, 1.165) is 22.0 Å². The number of ether oxygens (including phenoxy) is 1. The van der Waals surface area contributed by atoms with Crippen molar-refractivity contribution < 1.29 is 13.9 Å². The summed E-state index contributed by atoms with van der Waals surface area (Å²) in [4.78, 5) is 15.4. The van der Waals surface area contributed by atoms with Gasteiger partial charge in [-0.15, -0.1) is 0 Å². The summed E-state index contributed by atoms with van der Waals surface area (Å²) in [7, 11) is 1.35. The first-order valence-electron chi connectivity index (χ1n) is 6.56. The number of methoxy groups -OCH3 is 1. The summed E-state index contributed by atoms with van der Waals surface area (Å²) in [6.45, 7) is 1.96. The predicted octanol–water partition coefficient (Wildman–Crippen LogP) is 4.07. The predicted molar refractivity (Wildman–Crippen MR) is 79.8 cm³/mol. The molecule has 3 nitrogen and oxygen atoms in total. The van der Waals surface area contributed by atoms with Gasteiger partial charge in [0, 0.05) is 10.9 Å². The number of halogens is 1. The third-order valence-corrected chi connectivity index (χ3v) is 3.48. The third-order valence-electron chi connectivity index (χ3n) is 3.48. The summed E-state index contributed by atoms with van der Waals surface area (Å²) in [5, 5.41) is 0.807. The van der Waals surface area contributed by atoms with Crippen molar-refractivity contribution >= 4 is 16.9 Å². The number of hydrogen-bond donors (Lipinski definition) is 1. The van der Waals surface area contributed by atoms with E-state index in [1.54, 1.807) is 12.1 Å². The molecule has 0 aliphatic heterocycles. The monoisotopic (exact) mass is 283 g/mol. The fourth-order valence-electron chi connectivity index (χ4n) is 2.45. The van der Waals surface area contributed by atoms with Crippen molar-refractivity contribution in [3.63, 3.8) is 0 Å². The van der Waals surface area contributed by atoms with Crippen LogP contribution in [0.2, 0.25) is 0 Å². The van der Waals surface area contributed by atoms with Gasteiger partial charge in [0.05, 0.1) is 18.4 Å². The van der Waals surface area contributed by atoms with E-state index in [-0.39, 0.29) is 5.82 Å². The molecular formula is C17H14FNO2. The molecule has 0 radical (unpaired) electrons. The van der Waals surface area contributed by atoms with Gasteiger partial charge >= 0.3 is 5.97 Å². The summed E-state index contributed by atoms with van der Waals surface area (Å²) in [6.07, 6.45) is 0. The number of carbonyl (C=O) groups excluding carboxylic acids is 1. The van der Waals surface area contributed by atoms with Crippen LogP contribution < -0.4 is 0 Å². The Labute approximate surface area is 121 Å². The molecule has 1 aromatic heterocycles. The molecule has 0 bridgehead atoms. The van der Waals surface area contributed by atoms with E-state index in [4.69, 9.17) is 4.74 Å². The summed E-state index contributed by atoms with van der Waals surface area (Å²) < 4.78 is 18.0. The van der Waals surface area contributed by atoms with Crippen molar-refractivity contribution in [1.82, 2.24) is 4.98 Å². The number of rotatable bonds is 2. The fraction of sp³-hybridized carbons (Fsp3) is 0.118. The molecule has 0 spiro atoms. The maximum Gasteiger partial charge on any atom is 0.340 e. The molecule has 0 aliphatic rings. The highest BCUT2D eigenvalue weighted by Gasteiger charge is 2.20. The Bertz CT molecular complexity index is 819. The van der Waals surface area contributed by atoms with Crippen LogP contribution in [-0.2, 0) is 4.74 Å². The minimum atomic E-state index is -0.411. The quantitative estimate of drug-likeness (QED) is 0.720. The number of nitrogens with one attached hydrogen (secondary N) is 1. The van der Waals surface area contributed by atoms with Crippen LogP contribution in [0.3, 0.4) is 0 Å². The maximum atomic E-state index is 13.1. The van der Waals surface area contributed by atoms with Gasteiger partial charge in [0.25, 0.3) is 0 Å². The molecule has 0 aliphatic carbocycles. The first-order chi connectivity index (χ1) is 10.1. The molecule has 3 rings (SSSR count). The average molecular weight is 283 g/mol. The number of aryl methyl sites for hydroxylation is 1. The summed E-state index contributed by atoms with van der Waals surface area (Å²) in [5.41, 5.74) is 3.76. The van der Waals surface area contributed by atoms with Gasteiger partial charge in [0.15, 0.2) is 0 Å². The Morgan fingerprint density at radius 1 is 1.14 bits per heavy atom. The molecule has 3 aromatic rings. The van der Waals surface area contributed by atoms with Crippen LogP contribution in [0.4, 0.5) is 4.39 Å². The second kappa shape index (κ2) is 5.05. The molecule has 2 aromatic carbocycles. The summed E-state index contributed by atoms with van der Waals surface area (Å²) in [5.74, 6) is -0.725. The Morgan fingerprint density at radius 3 is 2.52 bits per heavy atom. The average Bonchev–Trinajstić information content (AvgIpc) is 2.85. The first-order valence-corrected chi connectivity index (χ1v) is 6.56. The maximum absolute atomic E-state index is 13.1. The number of esters is 1. The minimum absolute atomic E-state index is 0.315. The Morgan fingerprint density at radius 2 is 1.86 bits per heavy atom. The zero-order chi connectivity index (χ0) is 15.0. The number of hydrogen-bond acceptors (Lipinski definition) is 2. The van der Waals surface area contributed by atoms with E-state index < -0.39 is 5.97 Å². The second-order valence-corrected chi connectivity index (χ2v) is 4.92. The lowest BCUT2D eigenvalue weighted by molar-refractivity contribution is 0.0604. The molecule has 1 heterocycles. The smallest absolute Gasteiger partial charge is 0.340 e. The molecule has 4 heteroatoms. The minimum Gasteiger partial charge on any atom is -0.465 e. The van der Waals surface area contributed by atoms with Crippen molar-refractivity contribution in [2.75, 3.05) is 7.11 Å².